The Bertz CT molecular complexity index is 667. The van der Waals surface area contributed by atoms with Crippen molar-refractivity contribution >= 4 is 16.9 Å². The number of carboxylic acid groups (broad SMARTS) is 1. The highest BCUT2D eigenvalue weighted by molar-refractivity contribution is 5.81. The lowest BCUT2D eigenvalue weighted by Crippen LogP contribution is -2.12. The number of benzene rings is 1. The van der Waals surface area contributed by atoms with Gasteiger partial charge in [-0.15, -0.1) is 0 Å². The molecule has 4 nitrogen and oxygen atoms in total. The summed E-state index contributed by atoms with van der Waals surface area (Å²) in [6.07, 6.45) is 0.135. The van der Waals surface area contributed by atoms with Crippen LogP contribution in [0.5, 0.6) is 0 Å². The summed E-state index contributed by atoms with van der Waals surface area (Å²) >= 11 is 0. The van der Waals surface area contributed by atoms with E-state index in [0.717, 1.165) is 16.5 Å². The van der Waals surface area contributed by atoms with Crippen LogP contribution >= 0.6 is 0 Å². The van der Waals surface area contributed by atoms with Gasteiger partial charge >= 0.3 is 11.6 Å². The van der Waals surface area contributed by atoms with Crippen LogP contribution in [0.2, 0.25) is 0 Å². The maximum absolute atomic E-state index is 11.8. The van der Waals surface area contributed by atoms with Crippen molar-refractivity contribution in [2.45, 2.75) is 26.7 Å². The highest BCUT2D eigenvalue weighted by atomic mass is 16.4. The van der Waals surface area contributed by atoms with Gasteiger partial charge in [0.05, 0.1) is 0 Å². The summed E-state index contributed by atoms with van der Waals surface area (Å²) in [5.41, 5.74) is 2.39. The minimum Gasteiger partial charge on any atom is -0.481 e. The van der Waals surface area contributed by atoms with Crippen molar-refractivity contribution in [1.82, 2.24) is 0 Å². The number of hydrogen-bond acceptors (Lipinski definition) is 3. The first-order valence-corrected chi connectivity index (χ1v) is 5.74. The Morgan fingerprint density at radius 2 is 2.06 bits per heavy atom. The van der Waals surface area contributed by atoms with E-state index in [0.29, 0.717) is 11.1 Å². The molecule has 1 aromatic heterocycles. The van der Waals surface area contributed by atoms with E-state index >= 15 is 0 Å². The second kappa shape index (κ2) is 4.64. The Kier molecular flexibility index (Phi) is 3.19. The van der Waals surface area contributed by atoms with E-state index in [4.69, 9.17) is 9.52 Å². The van der Waals surface area contributed by atoms with Crippen molar-refractivity contribution in [1.29, 1.82) is 0 Å². The first-order chi connectivity index (χ1) is 8.49. The van der Waals surface area contributed by atoms with Crippen LogP contribution in [0.4, 0.5) is 0 Å². The minimum absolute atomic E-state index is 0.0665. The molecule has 0 spiro atoms. The number of fused-ring (bicyclic) bond motifs is 1. The van der Waals surface area contributed by atoms with Gasteiger partial charge in [-0.05, 0) is 37.5 Å². The zero-order chi connectivity index (χ0) is 13.3. The lowest BCUT2D eigenvalue weighted by Gasteiger charge is -2.07. The van der Waals surface area contributed by atoms with Gasteiger partial charge in [0.1, 0.15) is 5.58 Å². The number of aryl methyl sites for hydroxylation is 2. The first-order valence-electron chi connectivity index (χ1n) is 5.74. The summed E-state index contributed by atoms with van der Waals surface area (Å²) in [7, 11) is 0. The zero-order valence-electron chi connectivity index (χ0n) is 10.3. The summed E-state index contributed by atoms with van der Waals surface area (Å²) in [4.78, 5) is 22.4. The average Bonchev–Trinajstić information content (AvgIpc) is 2.27. The van der Waals surface area contributed by atoms with Crippen molar-refractivity contribution in [2.75, 3.05) is 0 Å². The molecule has 0 bridgehead atoms. The molecular formula is C14H14O4. The molecule has 0 fully saturated rings. The molecule has 18 heavy (non-hydrogen) atoms. The summed E-state index contributed by atoms with van der Waals surface area (Å²) in [5, 5.41) is 9.54. The zero-order valence-corrected chi connectivity index (χ0v) is 10.3. The molecule has 0 saturated heterocycles. The van der Waals surface area contributed by atoms with Crippen molar-refractivity contribution in [3.63, 3.8) is 0 Å². The molecule has 1 aromatic carbocycles. The van der Waals surface area contributed by atoms with Crippen LogP contribution in [-0.4, -0.2) is 11.1 Å². The molecule has 4 heteroatoms. The molecule has 0 atom stereocenters. The van der Waals surface area contributed by atoms with Gasteiger partial charge in [0.15, 0.2) is 0 Å². The van der Waals surface area contributed by atoms with E-state index in [2.05, 4.69) is 0 Å². The minimum atomic E-state index is -0.919. The first kappa shape index (κ1) is 12.4. The Labute approximate surface area is 104 Å². The molecule has 94 valence electrons. The van der Waals surface area contributed by atoms with Gasteiger partial charge < -0.3 is 9.52 Å². The third kappa shape index (κ3) is 2.27. The van der Waals surface area contributed by atoms with E-state index in [9.17, 15) is 9.59 Å². The van der Waals surface area contributed by atoms with Crippen molar-refractivity contribution in [3.8, 4) is 0 Å². The molecular weight excluding hydrogens is 232 g/mol. The molecule has 0 unspecified atom stereocenters. The van der Waals surface area contributed by atoms with Crippen LogP contribution < -0.4 is 5.63 Å². The van der Waals surface area contributed by atoms with Crippen LogP contribution in [0.3, 0.4) is 0 Å². The van der Waals surface area contributed by atoms with Crippen LogP contribution in [0.1, 0.15) is 23.1 Å². The summed E-state index contributed by atoms with van der Waals surface area (Å²) in [6, 6.07) is 5.65. The summed E-state index contributed by atoms with van der Waals surface area (Å²) < 4.78 is 5.24. The van der Waals surface area contributed by atoms with Crippen LogP contribution in [0.15, 0.2) is 27.4 Å². The third-order valence-electron chi connectivity index (χ3n) is 3.03. The highest BCUT2D eigenvalue weighted by Gasteiger charge is 2.12. The second-order valence-corrected chi connectivity index (χ2v) is 4.39. The third-order valence-corrected chi connectivity index (χ3v) is 3.03. The number of carboxylic acids is 1. The van der Waals surface area contributed by atoms with E-state index in [1.54, 1.807) is 0 Å². The topological polar surface area (TPSA) is 67.5 Å². The molecule has 1 heterocycles. The SMILES string of the molecule is Cc1ccc2c(C)c(CCC(=O)O)c(=O)oc2c1. The fourth-order valence-electron chi connectivity index (χ4n) is 2.02. The number of aliphatic carboxylic acids is 1. The molecule has 0 aliphatic carbocycles. The van der Waals surface area contributed by atoms with Crippen LogP contribution in [0.25, 0.3) is 11.0 Å². The number of hydrogen-bond donors (Lipinski definition) is 1. The van der Waals surface area contributed by atoms with Gasteiger partial charge in [-0.2, -0.15) is 0 Å². The van der Waals surface area contributed by atoms with Crippen molar-refractivity contribution in [3.05, 3.63) is 45.3 Å². The van der Waals surface area contributed by atoms with Crippen molar-refractivity contribution < 1.29 is 14.3 Å². The van der Waals surface area contributed by atoms with Gasteiger partial charge in [0, 0.05) is 17.4 Å². The Balaban J connectivity index is 2.58. The number of rotatable bonds is 3. The van der Waals surface area contributed by atoms with E-state index in [1.165, 1.54) is 0 Å². The highest BCUT2D eigenvalue weighted by Crippen LogP contribution is 2.21. The van der Waals surface area contributed by atoms with E-state index in [1.807, 2.05) is 32.0 Å². The lowest BCUT2D eigenvalue weighted by atomic mass is 10.0. The predicted molar refractivity (Wildman–Crippen MR) is 67.9 cm³/mol. The van der Waals surface area contributed by atoms with Gasteiger partial charge in [-0.25, -0.2) is 4.79 Å². The standard InChI is InChI=1S/C14H14O4/c1-8-3-4-10-9(2)11(5-6-13(15)16)14(17)18-12(10)7-8/h3-4,7H,5-6H2,1-2H3,(H,15,16). The summed E-state index contributed by atoms with van der Waals surface area (Å²) in [5.74, 6) is -0.919. The average molecular weight is 246 g/mol. The Morgan fingerprint density at radius 1 is 1.33 bits per heavy atom. The molecule has 0 amide bonds. The molecule has 2 aromatic rings. The Morgan fingerprint density at radius 3 is 2.72 bits per heavy atom. The smallest absolute Gasteiger partial charge is 0.339 e. The monoisotopic (exact) mass is 246 g/mol. The fourth-order valence-corrected chi connectivity index (χ4v) is 2.02. The van der Waals surface area contributed by atoms with Gasteiger partial charge in [-0.1, -0.05) is 12.1 Å². The van der Waals surface area contributed by atoms with Gasteiger partial charge in [0.25, 0.3) is 0 Å². The number of carbonyl (C=O) groups is 1. The molecule has 2 rings (SSSR count). The maximum atomic E-state index is 11.8. The molecule has 0 aliphatic rings. The van der Waals surface area contributed by atoms with Gasteiger partial charge in [-0.3, -0.25) is 4.79 Å². The fraction of sp³-hybridized carbons (Fsp3) is 0.286. The summed E-state index contributed by atoms with van der Waals surface area (Å²) in [6.45, 7) is 3.75. The quantitative estimate of drug-likeness (QED) is 0.844. The normalized spacial score (nSPS) is 10.8. The maximum Gasteiger partial charge on any atom is 0.339 e. The van der Waals surface area contributed by atoms with E-state index < -0.39 is 11.6 Å². The van der Waals surface area contributed by atoms with Crippen LogP contribution in [-0.2, 0) is 11.2 Å². The van der Waals surface area contributed by atoms with E-state index in [-0.39, 0.29) is 12.8 Å². The lowest BCUT2D eigenvalue weighted by molar-refractivity contribution is -0.136. The second-order valence-electron chi connectivity index (χ2n) is 4.39. The molecule has 0 aliphatic heterocycles. The van der Waals surface area contributed by atoms with Gasteiger partial charge in [0.2, 0.25) is 0 Å². The molecule has 1 N–H and O–H groups in total. The Hall–Kier alpha value is -2.10. The predicted octanol–water partition coefficient (Wildman–Crippen LogP) is 2.43. The molecule has 0 saturated carbocycles. The molecule has 0 radical (unpaired) electrons. The van der Waals surface area contributed by atoms with Crippen LogP contribution in [0, 0.1) is 13.8 Å². The largest absolute Gasteiger partial charge is 0.481 e. The van der Waals surface area contributed by atoms with Crippen molar-refractivity contribution in [2.24, 2.45) is 0 Å².